The van der Waals surface area contributed by atoms with Gasteiger partial charge in [0.05, 0.1) is 6.33 Å². The van der Waals surface area contributed by atoms with E-state index in [2.05, 4.69) is 29.5 Å². The minimum atomic E-state index is -1.05. The summed E-state index contributed by atoms with van der Waals surface area (Å²) < 4.78 is 1.63. The number of aromatic carboxylic acids is 1. The Kier molecular flexibility index (Phi) is 7.28. The maximum atomic E-state index is 11.5. The minimum Gasteiger partial charge on any atom is -0.476 e. The lowest BCUT2D eigenvalue weighted by Gasteiger charge is -2.08. The number of rotatable bonds is 9. The molecule has 1 rings (SSSR count). The molecule has 0 saturated carbocycles. The Balaban J connectivity index is 2.08. The Morgan fingerprint density at radius 2 is 2.00 bits per heavy atom. The third kappa shape index (κ3) is 7.34. The van der Waals surface area contributed by atoms with E-state index in [4.69, 9.17) is 5.11 Å². The fourth-order valence-corrected chi connectivity index (χ4v) is 1.83. The highest BCUT2D eigenvalue weighted by Gasteiger charge is 2.06. The highest BCUT2D eigenvalue weighted by molar-refractivity contribution is 5.84. The molecule has 0 aliphatic heterocycles. The molecule has 1 aromatic heterocycles. The molecule has 0 fully saturated rings. The number of hydrogen-bond donors (Lipinski definition) is 3. The second-order valence-corrected chi connectivity index (χ2v) is 5.37. The topological polar surface area (TPSA) is 96.3 Å². The number of carbonyl (C=O) groups is 2. The molecule has 0 atom stereocenters. The number of urea groups is 1. The molecule has 7 heteroatoms. The maximum Gasteiger partial charge on any atom is 0.356 e. The molecular formula is C14H24N4O3. The van der Waals surface area contributed by atoms with E-state index in [1.165, 1.54) is 18.9 Å². The van der Waals surface area contributed by atoms with Gasteiger partial charge in [-0.1, -0.05) is 26.7 Å². The van der Waals surface area contributed by atoms with E-state index in [1.54, 1.807) is 4.57 Å². The van der Waals surface area contributed by atoms with Crippen molar-refractivity contribution in [2.75, 3.05) is 13.1 Å². The highest BCUT2D eigenvalue weighted by Crippen LogP contribution is 2.04. The molecule has 0 aromatic carbocycles. The quantitative estimate of drug-likeness (QED) is 0.604. The van der Waals surface area contributed by atoms with Gasteiger partial charge in [-0.2, -0.15) is 0 Å². The van der Waals surface area contributed by atoms with Crippen LogP contribution >= 0.6 is 0 Å². The predicted octanol–water partition coefficient (Wildman–Crippen LogP) is 1.71. The van der Waals surface area contributed by atoms with Crippen molar-refractivity contribution in [1.29, 1.82) is 0 Å². The summed E-state index contributed by atoms with van der Waals surface area (Å²) in [6.07, 6.45) is 6.15. The predicted molar refractivity (Wildman–Crippen MR) is 79.3 cm³/mol. The highest BCUT2D eigenvalue weighted by atomic mass is 16.4. The van der Waals surface area contributed by atoms with E-state index < -0.39 is 5.97 Å². The van der Waals surface area contributed by atoms with Crippen LogP contribution in [0.5, 0.6) is 0 Å². The van der Waals surface area contributed by atoms with Gasteiger partial charge < -0.3 is 20.3 Å². The van der Waals surface area contributed by atoms with Gasteiger partial charge in [0.15, 0.2) is 5.69 Å². The standard InChI is InChI=1S/C14H24N4O3/c1-11(2)5-3-4-6-15-14(21)16-7-8-18-9-12(13(19)20)17-10-18/h9-11H,3-8H2,1-2H3,(H,19,20)(H2,15,16,21). The molecule has 118 valence electrons. The minimum absolute atomic E-state index is 0.00426. The van der Waals surface area contributed by atoms with E-state index in [9.17, 15) is 9.59 Å². The molecule has 1 aromatic rings. The normalized spacial score (nSPS) is 10.6. The van der Waals surface area contributed by atoms with Gasteiger partial charge in [-0.25, -0.2) is 14.6 Å². The van der Waals surface area contributed by atoms with Gasteiger partial charge in [0.1, 0.15) is 0 Å². The van der Waals surface area contributed by atoms with Crippen LogP contribution in [0.4, 0.5) is 4.79 Å². The van der Waals surface area contributed by atoms with Gasteiger partial charge in [0, 0.05) is 25.8 Å². The summed E-state index contributed by atoms with van der Waals surface area (Å²) in [4.78, 5) is 25.9. The van der Waals surface area contributed by atoms with E-state index in [-0.39, 0.29) is 11.7 Å². The van der Waals surface area contributed by atoms with Crippen LogP contribution in [0.2, 0.25) is 0 Å². The lowest BCUT2D eigenvalue weighted by Crippen LogP contribution is -2.37. The zero-order valence-corrected chi connectivity index (χ0v) is 12.6. The first-order valence-corrected chi connectivity index (χ1v) is 7.26. The summed E-state index contributed by atoms with van der Waals surface area (Å²) in [7, 11) is 0. The molecule has 0 radical (unpaired) electrons. The summed E-state index contributed by atoms with van der Waals surface area (Å²) in [5.74, 6) is -0.356. The van der Waals surface area contributed by atoms with Crippen molar-refractivity contribution in [1.82, 2.24) is 20.2 Å². The summed E-state index contributed by atoms with van der Waals surface area (Å²) >= 11 is 0. The lowest BCUT2D eigenvalue weighted by atomic mass is 10.1. The van der Waals surface area contributed by atoms with Crippen LogP contribution in [0.15, 0.2) is 12.5 Å². The number of nitrogens with one attached hydrogen (secondary N) is 2. The van der Waals surface area contributed by atoms with Crippen LogP contribution in [0.1, 0.15) is 43.6 Å². The first-order valence-electron chi connectivity index (χ1n) is 7.26. The lowest BCUT2D eigenvalue weighted by molar-refractivity contribution is 0.0691. The zero-order valence-electron chi connectivity index (χ0n) is 12.6. The fourth-order valence-electron chi connectivity index (χ4n) is 1.83. The average molecular weight is 296 g/mol. The molecule has 0 aliphatic rings. The summed E-state index contributed by atoms with van der Waals surface area (Å²) in [6, 6.07) is -0.196. The number of unbranched alkanes of at least 4 members (excludes halogenated alkanes) is 1. The first kappa shape index (κ1) is 17.0. The molecule has 2 amide bonds. The summed E-state index contributed by atoms with van der Waals surface area (Å²) in [5, 5.41) is 14.3. The van der Waals surface area contributed by atoms with E-state index >= 15 is 0 Å². The fraction of sp³-hybridized carbons (Fsp3) is 0.643. The van der Waals surface area contributed by atoms with Crippen LogP contribution in [0, 0.1) is 5.92 Å². The van der Waals surface area contributed by atoms with Gasteiger partial charge in [0.25, 0.3) is 0 Å². The number of carbonyl (C=O) groups excluding carboxylic acids is 1. The molecule has 0 spiro atoms. The Morgan fingerprint density at radius 3 is 2.62 bits per heavy atom. The van der Waals surface area contributed by atoms with Crippen LogP contribution in [0.3, 0.4) is 0 Å². The molecule has 1 heterocycles. The van der Waals surface area contributed by atoms with Crippen molar-refractivity contribution in [3.63, 3.8) is 0 Å². The third-order valence-corrected chi connectivity index (χ3v) is 3.00. The van der Waals surface area contributed by atoms with Crippen LogP contribution in [-0.4, -0.2) is 39.7 Å². The van der Waals surface area contributed by atoms with Gasteiger partial charge in [-0.15, -0.1) is 0 Å². The number of imidazole rings is 1. The molecule has 0 saturated heterocycles. The monoisotopic (exact) mass is 296 g/mol. The Bertz CT molecular complexity index is 457. The van der Waals surface area contributed by atoms with Crippen molar-refractivity contribution in [3.05, 3.63) is 18.2 Å². The molecular weight excluding hydrogens is 272 g/mol. The van der Waals surface area contributed by atoms with Crippen molar-refractivity contribution in [2.24, 2.45) is 5.92 Å². The Labute approximate surface area is 124 Å². The average Bonchev–Trinajstić information content (AvgIpc) is 2.87. The van der Waals surface area contributed by atoms with Crippen molar-refractivity contribution in [3.8, 4) is 0 Å². The molecule has 3 N–H and O–H groups in total. The first-order chi connectivity index (χ1) is 9.99. The van der Waals surface area contributed by atoms with Crippen LogP contribution in [-0.2, 0) is 6.54 Å². The molecule has 0 aliphatic carbocycles. The largest absolute Gasteiger partial charge is 0.476 e. The SMILES string of the molecule is CC(C)CCCCNC(=O)NCCn1cnc(C(=O)O)c1. The van der Waals surface area contributed by atoms with Crippen LogP contribution < -0.4 is 10.6 Å². The van der Waals surface area contributed by atoms with Crippen molar-refractivity contribution >= 4 is 12.0 Å². The van der Waals surface area contributed by atoms with Crippen molar-refractivity contribution < 1.29 is 14.7 Å². The Hall–Kier alpha value is -2.05. The molecule has 21 heavy (non-hydrogen) atoms. The zero-order chi connectivity index (χ0) is 15.7. The number of aromatic nitrogens is 2. The van der Waals surface area contributed by atoms with Gasteiger partial charge in [0.2, 0.25) is 0 Å². The molecule has 0 unspecified atom stereocenters. The second kappa shape index (κ2) is 8.99. The number of amides is 2. The van der Waals surface area contributed by atoms with E-state index in [0.717, 1.165) is 12.8 Å². The van der Waals surface area contributed by atoms with Gasteiger partial charge in [-0.05, 0) is 12.3 Å². The maximum absolute atomic E-state index is 11.5. The van der Waals surface area contributed by atoms with Gasteiger partial charge >= 0.3 is 12.0 Å². The number of carboxylic acid groups (broad SMARTS) is 1. The molecule has 0 bridgehead atoms. The van der Waals surface area contributed by atoms with E-state index in [0.29, 0.717) is 25.6 Å². The van der Waals surface area contributed by atoms with Crippen LogP contribution in [0.25, 0.3) is 0 Å². The second-order valence-electron chi connectivity index (χ2n) is 5.37. The number of hydrogen-bond acceptors (Lipinski definition) is 3. The summed E-state index contributed by atoms with van der Waals surface area (Å²) in [6.45, 7) is 5.96. The summed E-state index contributed by atoms with van der Waals surface area (Å²) in [5.41, 5.74) is 0.00426. The van der Waals surface area contributed by atoms with Gasteiger partial charge in [-0.3, -0.25) is 0 Å². The Morgan fingerprint density at radius 1 is 1.29 bits per heavy atom. The third-order valence-electron chi connectivity index (χ3n) is 3.00. The number of nitrogens with zero attached hydrogens (tertiary/aromatic N) is 2. The van der Waals surface area contributed by atoms with Crippen molar-refractivity contribution in [2.45, 2.75) is 39.7 Å². The number of carboxylic acids is 1. The van der Waals surface area contributed by atoms with E-state index in [1.807, 2.05) is 0 Å². The molecule has 7 nitrogen and oxygen atoms in total. The smallest absolute Gasteiger partial charge is 0.356 e.